The number of carbonyl (C=O) groups excluding carboxylic acids is 1. The Bertz CT molecular complexity index is 1150. The second kappa shape index (κ2) is 8.19. The Morgan fingerprint density at radius 2 is 1.45 bits per heavy atom. The molecule has 1 atom stereocenters. The second-order valence-corrected chi connectivity index (χ2v) is 7.07. The fourth-order valence-corrected chi connectivity index (χ4v) is 3.67. The van der Waals surface area contributed by atoms with Gasteiger partial charge >= 0.3 is 0 Å². The van der Waals surface area contributed by atoms with Crippen molar-refractivity contribution in [2.75, 3.05) is 7.11 Å². The van der Waals surface area contributed by atoms with E-state index in [1.807, 2.05) is 78.9 Å². The molecule has 0 aliphatic heterocycles. The number of carbonyl (C=O) groups is 1. The maximum Gasteiger partial charge on any atom is 0.255 e. The molecular formula is C26H23NO2. The van der Waals surface area contributed by atoms with Crippen molar-refractivity contribution in [3.8, 4) is 5.75 Å². The number of hydrogen-bond donors (Lipinski definition) is 1. The molecule has 29 heavy (non-hydrogen) atoms. The van der Waals surface area contributed by atoms with E-state index in [0.717, 1.165) is 27.5 Å². The molecule has 144 valence electrons. The van der Waals surface area contributed by atoms with E-state index in [-0.39, 0.29) is 11.9 Å². The summed E-state index contributed by atoms with van der Waals surface area (Å²) in [5.74, 6) is 0.405. The zero-order valence-electron chi connectivity index (χ0n) is 16.6. The van der Waals surface area contributed by atoms with Crippen LogP contribution in [0.4, 0.5) is 0 Å². The fraction of sp³-hybridized carbons (Fsp3) is 0.115. The monoisotopic (exact) mass is 381 g/mol. The minimum atomic E-state index is -0.249. The van der Waals surface area contributed by atoms with Crippen LogP contribution in [-0.2, 0) is 0 Å². The first-order chi connectivity index (χ1) is 14.2. The Labute approximate surface area is 171 Å². The maximum atomic E-state index is 13.3. The number of rotatable bonds is 5. The standard InChI is InChI=1S/C26H23NO2/c1-18-10-6-9-15-22(18)25(19-11-4-3-5-12-19)27-26(28)23-16-20-13-7-8-14-21(20)17-24(23)29-2/h3-17,25H,1-2H3,(H,27,28)/t25-/m1/s1. The second-order valence-electron chi connectivity index (χ2n) is 7.07. The van der Waals surface area contributed by atoms with Gasteiger partial charge in [-0.15, -0.1) is 0 Å². The minimum Gasteiger partial charge on any atom is -0.496 e. The lowest BCUT2D eigenvalue weighted by Crippen LogP contribution is -2.30. The van der Waals surface area contributed by atoms with Gasteiger partial charge in [0.1, 0.15) is 5.75 Å². The molecule has 0 spiro atoms. The Hall–Kier alpha value is -3.59. The largest absolute Gasteiger partial charge is 0.496 e. The quantitative estimate of drug-likeness (QED) is 0.483. The van der Waals surface area contributed by atoms with E-state index in [0.29, 0.717) is 11.3 Å². The predicted octanol–water partition coefficient (Wildman–Crippen LogP) is 5.68. The smallest absolute Gasteiger partial charge is 0.255 e. The number of hydrogen-bond acceptors (Lipinski definition) is 2. The third kappa shape index (κ3) is 3.85. The van der Waals surface area contributed by atoms with Gasteiger partial charge in [-0.2, -0.15) is 0 Å². The molecule has 4 aromatic rings. The van der Waals surface area contributed by atoms with Crippen LogP contribution in [0.15, 0.2) is 91.0 Å². The third-order valence-electron chi connectivity index (χ3n) is 5.22. The van der Waals surface area contributed by atoms with Crippen LogP contribution in [-0.4, -0.2) is 13.0 Å². The minimum absolute atomic E-state index is 0.162. The number of ether oxygens (including phenoxy) is 1. The van der Waals surface area contributed by atoms with Crippen molar-refractivity contribution in [1.29, 1.82) is 0 Å². The van der Waals surface area contributed by atoms with Crippen molar-refractivity contribution in [1.82, 2.24) is 5.32 Å². The van der Waals surface area contributed by atoms with Gasteiger partial charge in [0.15, 0.2) is 0 Å². The number of benzene rings is 4. The Morgan fingerprint density at radius 1 is 0.828 bits per heavy atom. The van der Waals surface area contributed by atoms with Gasteiger partial charge in [0.2, 0.25) is 0 Å². The highest BCUT2D eigenvalue weighted by Gasteiger charge is 2.21. The molecule has 0 aromatic heterocycles. The van der Waals surface area contributed by atoms with Gasteiger partial charge in [0, 0.05) is 0 Å². The first-order valence-corrected chi connectivity index (χ1v) is 9.65. The van der Waals surface area contributed by atoms with Gasteiger partial charge in [-0.05, 0) is 46.5 Å². The van der Waals surface area contributed by atoms with Crippen molar-refractivity contribution >= 4 is 16.7 Å². The van der Waals surface area contributed by atoms with Crippen LogP contribution in [0.25, 0.3) is 10.8 Å². The first-order valence-electron chi connectivity index (χ1n) is 9.65. The van der Waals surface area contributed by atoms with E-state index < -0.39 is 0 Å². The SMILES string of the molecule is COc1cc2ccccc2cc1C(=O)N[C@H](c1ccccc1)c1ccccc1C. The summed E-state index contributed by atoms with van der Waals surface area (Å²) in [7, 11) is 1.59. The van der Waals surface area contributed by atoms with Crippen LogP contribution in [0.3, 0.4) is 0 Å². The van der Waals surface area contributed by atoms with E-state index in [9.17, 15) is 4.79 Å². The zero-order valence-corrected chi connectivity index (χ0v) is 16.6. The van der Waals surface area contributed by atoms with E-state index in [1.54, 1.807) is 7.11 Å². The molecular weight excluding hydrogens is 358 g/mol. The molecule has 0 saturated heterocycles. The lowest BCUT2D eigenvalue weighted by molar-refractivity contribution is 0.0940. The summed E-state index contributed by atoms with van der Waals surface area (Å²) in [6, 6.07) is 29.7. The average Bonchev–Trinajstić information content (AvgIpc) is 2.77. The van der Waals surface area contributed by atoms with Gasteiger partial charge < -0.3 is 10.1 Å². The number of amides is 1. The van der Waals surface area contributed by atoms with Gasteiger partial charge in [0.05, 0.1) is 18.7 Å². The molecule has 0 bridgehead atoms. The van der Waals surface area contributed by atoms with E-state index in [2.05, 4.69) is 24.4 Å². The molecule has 4 aromatic carbocycles. The summed E-state index contributed by atoms with van der Waals surface area (Å²) in [5.41, 5.74) is 3.77. The molecule has 3 heteroatoms. The zero-order chi connectivity index (χ0) is 20.2. The highest BCUT2D eigenvalue weighted by atomic mass is 16.5. The molecule has 3 nitrogen and oxygen atoms in total. The normalized spacial score (nSPS) is 11.8. The number of methoxy groups -OCH3 is 1. The van der Waals surface area contributed by atoms with Gasteiger partial charge in [-0.3, -0.25) is 4.79 Å². The highest BCUT2D eigenvalue weighted by molar-refractivity contribution is 6.02. The van der Waals surface area contributed by atoms with Gasteiger partial charge in [0.25, 0.3) is 5.91 Å². The number of nitrogens with one attached hydrogen (secondary N) is 1. The van der Waals surface area contributed by atoms with Crippen LogP contribution in [0.5, 0.6) is 5.75 Å². The van der Waals surface area contributed by atoms with Gasteiger partial charge in [-0.1, -0.05) is 78.9 Å². The fourth-order valence-electron chi connectivity index (χ4n) is 3.67. The summed E-state index contributed by atoms with van der Waals surface area (Å²) in [6.07, 6.45) is 0. The van der Waals surface area contributed by atoms with Crippen LogP contribution >= 0.6 is 0 Å². The molecule has 0 aliphatic carbocycles. The molecule has 4 rings (SSSR count). The summed E-state index contributed by atoms with van der Waals surface area (Å²) < 4.78 is 5.53. The molecule has 1 amide bonds. The first kappa shape index (κ1) is 18.8. The Balaban J connectivity index is 1.76. The van der Waals surface area contributed by atoms with Crippen LogP contribution in [0, 0.1) is 6.92 Å². The van der Waals surface area contributed by atoms with Crippen molar-refractivity contribution in [3.05, 3.63) is 113 Å². The van der Waals surface area contributed by atoms with E-state index >= 15 is 0 Å². The van der Waals surface area contributed by atoms with Crippen molar-refractivity contribution in [2.45, 2.75) is 13.0 Å². The molecule has 0 aliphatic rings. The van der Waals surface area contributed by atoms with Gasteiger partial charge in [-0.25, -0.2) is 0 Å². The number of fused-ring (bicyclic) bond motifs is 1. The molecule has 1 N–H and O–H groups in total. The Kier molecular flexibility index (Phi) is 5.30. The molecule has 0 heterocycles. The van der Waals surface area contributed by atoms with Crippen molar-refractivity contribution in [3.63, 3.8) is 0 Å². The third-order valence-corrected chi connectivity index (χ3v) is 5.22. The highest BCUT2D eigenvalue weighted by Crippen LogP contribution is 2.29. The van der Waals surface area contributed by atoms with E-state index in [4.69, 9.17) is 4.74 Å². The lowest BCUT2D eigenvalue weighted by Gasteiger charge is -2.22. The molecule has 0 unspecified atom stereocenters. The maximum absolute atomic E-state index is 13.3. The summed E-state index contributed by atoms with van der Waals surface area (Å²) in [4.78, 5) is 13.3. The molecule has 0 fully saturated rings. The molecule has 0 saturated carbocycles. The molecule has 0 radical (unpaired) electrons. The van der Waals surface area contributed by atoms with E-state index in [1.165, 1.54) is 0 Å². The summed E-state index contributed by atoms with van der Waals surface area (Å²) >= 11 is 0. The topological polar surface area (TPSA) is 38.3 Å². The summed E-state index contributed by atoms with van der Waals surface area (Å²) in [5, 5.41) is 5.27. The van der Waals surface area contributed by atoms with Crippen molar-refractivity contribution in [2.24, 2.45) is 0 Å². The lowest BCUT2D eigenvalue weighted by atomic mass is 9.94. The Morgan fingerprint density at radius 3 is 2.14 bits per heavy atom. The van der Waals surface area contributed by atoms with Crippen LogP contribution in [0.1, 0.15) is 33.1 Å². The van der Waals surface area contributed by atoms with Crippen LogP contribution in [0.2, 0.25) is 0 Å². The predicted molar refractivity (Wildman–Crippen MR) is 117 cm³/mol. The van der Waals surface area contributed by atoms with Crippen molar-refractivity contribution < 1.29 is 9.53 Å². The van der Waals surface area contributed by atoms with Crippen LogP contribution < -0.4 is 10.1 Å². The number of aryl methyl sites for hydroxylation is 1. The summed E-state index contributed by atoms with van der Waals surface area (Å²) in [6.45, 7) is 2.06. The average molecular weight is 381 g/mol.